The first-order valence-corrected chi connectivity index (χ1v) is 4.96. The van der Waals surface area contributed by atoms with Gasteiger partial charge in [-0.3, -0.25) is 0 Å². The molecule has 0 saturated carbocycles. The second kappa shape index (κ2) is 4.69. The molecular weight excluding hydrogens is 225 g/mol. The zero-order valence-corrected chi connectivity index (χ0v) is 8.81. The third-order valence-electron chi connectivity index (χ3n) is 2.18. The van der Waals surface area contributed by atoms with Gasteiger partial charge in [0.15, 0.2) is 0 Å². The Morgan fingerprint density at radius 2 is 1.94 bits per heavy atom. The summed E-state index contributed by atoms with van der Waals surface area (Å²) < 4.78 is 17.7. The molecule has 0 atom stereocenters. The number of benzene rings is 1. The van der Waals surface area contributed by atoms with E-state index in [4.69, 9.17) is 9.52 Å². The number of carboxylic acids is 1. The van der Waals surface area contributed by atoms with E-state index >= 15 is 0 Å². The van der Waals surface area contributed by atoms with E-state index in [2.05, 4.69) is 5.32 Å². The first-order chi connectivity index (χ1) is 8.15. The van der Waals surface area contributed by atoms with E-state index in [0.717, 1.165) is 5.69 Å². The molecule has 1 aromatic heterocycles. The average molecular weight is 235 g/mol. The van der Waals surface area contributed by atoms with Gasteiger partial charge in [-0.15, -0.1) is 0 Å². The predicted octanol–water partition coefficient (Wildman–Crippen LogP) is 2.73. The van der Waals surface area contributed by atoms with Gasteiger partial charge < -0.3 is 14.8 Å². The molecule has 17 heavy (non-hydrogen) atoms. The van der Waals surface area contributed by atoms with Crippen molar-refractivity contribution in [2.75, 3.05) is 5.32 Å². The molecule has 0 aliphatic carbocycles. The minimum atomic E-state index is -1.10. The van der Waals surface area contributed by atoms with Crippen molar-refractivity contribution < 1.29 is 18.7 Å². The summed E-state index contributed by atoms with van der Waals surface area (Å²) in [6.45, 7) is 0.346. The van der Waals surface area contributed by atoms with Gasteiger partial charge in [-0.1, -0.05) is 0 Å². The number of rotatable bonds is 4. The monoisotopic (exact) mass is 235 g/mol. The molecule has 1 aromatic carbocycles. The quantitative estimate of drug-likeness (QED) is 0.855. The fourth-order valence-electron chi connectivity index (χ4n) is 1.34. The van der Waals surface area contributed by atoms with Crippen LogP contribution in [0.2, 0.25) is 0 Å². The standard InChI is InChI=1S/C12H10FNO3/c13-8-1-3-9(4-2-8)14-7-10-5-6-11(17-10)12(15)16/h1-6,14H,7H2,(H,15,16). The summed E-state index contributed by atoms with van der Waals surface area (Å²) in [5, 5.41) is 11.6. The van der Waals surface area contributed by atoms with Gasteiger partial charge >= 0.3 is 5.97 Å². The van der Waals surface area contributed by atoms with E-state index in [1.165, 1.54) is 18.2 Å². The van der Waals surface area contributed by atoms with Crippen LogP contribution in [0.3, 0.4) is 0 Å². The molecule has 0 spiro atoms. The summed E-state index contributed by atoms with van der Waals surface area (Å²) in [6.07, 6.45) is 0. The highest BCUT2D eigenvalue weighted by Crippen LogP contribution is 2.12. The molecule has 0 aliphatic heterocycles. The molecule has 0 unspecified atom stereocenters. The lowest BCUT2D eigenvalue weighted by Crippen LogP contribution is -1.98. The van der Waals surface area contributed by atoms with Crippen LogP contribution in [0.1, 0.15) is 16.3 Å². The molecule has 0 saturated heterocycles. The van der Waals surface area contributed by atoms with Gasteiger partial charge in [-0.05, 0) is 36.4 Å². The van der Waals surface area contributed by atoms with Gasteiger partial charge in [0.25, 0.3) is 0 Å². The topological polar surface area (TPSA) is 62.5 Å². The summed E-state index contributed by atoms with van der Waals surface area (Å²) >= 11 is 0. The largest absolute Gasteiger partial charge is 0.475 e. The number of hydrogen-bond donors (Lipinski definition) is 2. The average Bonchev–Trinajstić information content (AvgIpc) is 2.77. The summed E-state index contributed by atoms with van der Waals surface area (Å²) in [7, 11) is 0. The summed E-state index contributed by atoms with van der Waals surface area (Å²) in [5.41, 5.74) is 0.736. The molecule has 1 heterocycles. The Morgan fingerprint density at radius 1 is 1.24 bits per heavy atom. The maximum atomic E-state index is 12.6. The molecule has 0 radical (unpaired) electrons. The highest BCUT2D eigenvalue weighted by atomic mass is 19.1. The Bertz CT molecular complexity index is 519. The number of carboxylic acid groups (broad SMARTS) is 1. The predicted molar refractivity (Wildman–Crippen MR) is 59.4 cm³/mol. The van der Waals surface area contributed by atoms with E-state index < -0.39 is 5.97 Å². The Hall–Kier alpha value is -2.30. The molecule has 2 rings (SSSR count). The number of halogens is 1. The van der Waals surface area contributed by atoms with Gasteiger partial charge in [0.2, 0.25) is 5.76 Å². The second-order valence-electron chi connectivity index (χ2n) is 3.43. The normalized spacial score (nSPS) is 10.2. The minimum absolute atomic E-state index is 0.0964. The van der Waals surface area contributed by atoms with Crippen LogP contribution in [0, 0.1) is 5.82 Å². The first kappa shape index (κ1) is 11.2. The highest BCUT2D eigenvalue weighted by molar-refractivity contribution is 5.84. The lowest BCUT2D eigenvalue weighted by molar-refractivity contribution is 0.0660. The molecule has 0 fully saturated rings. The third-order valence-corrected chi connectivity index (χ3v) is 2.18. The maximum absolute atomic E-state index is 12.6. The fourth-order valence-corrected chi connectivity index (χ4v) is 1.34. The molecule has 5 heteroatoms. The van der Waals surface area contributed by atoms with Crippen molar-refractivity contribution in [1.82, 2.24) is 0 Å². The van der Waals surface area contributed by atoms with E-state index in [1.807, 2.05) is 0 Å². The summed E-state index contributed by atoms with van der Waals surface area (Å²) in [4.78, 5) is 10.6. The lowest BCUT2D eigenvalue weighted by Gasteiger charge is -2.03. The summed E-state index contributed by atoms with van der Waals surface area (Å²) in [5.74, 6) is -0.993. The SMILES string of the molecule is O=C(O)c1ccc(CNc2ccc(F)cc2)o1. The molecule has 2 N–H and O–H groups in total. The Morgan fingerprint density at radius 3 is 2.53 bits per heavy atom. The third kappa shape index (κ3) is 2.84. The van der Waals surface area contributed by atoms with Crippen molar-refractivity contribution in [3.63, 3.8) is 0 Å². The number of carbonyl (C=O) groups is 1. The number of aromatic carboxylic acids is 1. The van der Waals surface area contributed by atoms with Crippen molar-refractivity contribution in [2.45, 2.75) is 6.54 Å². The summed E-state index contributed by atoms with van der Waals surface area (Å²) in [6, 6.07) is 8.84. The van der Waals surface area contributed by atoms with Crippen molar-refractivity contribution in [3.05, 3.63) is 53.7 Å². The lowest BCUT2D eigenvalue weighted by atomic mass is 10.3. The Labute approximate surface area is 96.7 Å². The van der Waals surface area contributed by atoms with Gasteiger partial charge in [-0.25, -0.2) is 9.18 Å². The maximum Gasteiger partial charge on any atom is 0.371 e. The van der Waals surface area contributed by atoms with Gasteiger partial charge in [0.05, 0.1) is 6.54 Å². The van der Waals surface area contributed by atoms with E-state index in [9.17, 15) is 9.18 Å². The van der Waals surface area contributed by atoms with Crippen LogP contribution in [-0.4, -0.2) is 11.1 Å². The van der Waals surface area contributed by atoms with E-state index in [-0.39, 0.29) is 11.6 Å². The molecule has 4 nitrogen and oxygen atoms in total. The van der Waals surface area contributed by atoms with Crippen molar-refractivity contribution in [2.24, 2.45) is 0 Å². The Balaban J connectivity index is 1.97. The molecule has 88 valence electrons. The number of anilines is 1. The number of furan rings is 1. The van der Waals surface area contributed by atoms with Crippen LogP contribution < -0.4 is 5.32 Å². The van der Waals surface area contributed by atoms with E-state index in [1.54, 1.807) is 18.2 Å². The Kier molecular flexibility index (Phi) is 3.09. The molecule has 2 aromatic rings. The van der Waals surface area contributed by atoms with Crippen molar-refractivity contribution in [3.8, 4) is 0 Å². The molecule has 0 amide bonds. The second-order valence-corrected chi connectivity index (χ2v) is 3.43. The van der Waals surface area contributed by atoms with Crippen LogP contribution in [0.4, 0.5) is 10.1 Å². The highest BCUT2D eigenvalue weighted by Gasteiger charge is 2.08. The zero-order valence-electron chi connectivity index (χ0n) is 8.81. The zero-order chi connectivity index (χ0) is 12.3. The van der Waals surface area contributed by atoms with Gasteiger partial charge in [-0.2, -0.15) is 0 Å². The van der Waals surface area contributed by atoms with Crippen LogP contribution in [0.5, 0.6) is 0 Å². The van der Waals surface area contributed by atoms with Crippen LogP contribution in [-0.2, 0) is 6.54 Å². The van der Waals surface area contributed by atoms with Crippen molar-refractivity contribution in [1.29, 1.82) is 0 Å². The fraction of sp³-hybridized carbons (Fsp3) is 0.0833. The molecule has 0 aliphatic rings. The van der Waals surface area contributed by atoms with E-state index in [0.29, 0.717) is 12.3 Å². The first-order valence-electron chi connectivity index (χ1n) is 4.96. The van der Waals surface area contributed by atoms with Gasteiger partial charge in [0.1, 0.15) is 11.6 Å². The minimum Gasteiger partial charge on any atom is -0.475 e. The molecular formula is C12H10FNO3. The molecule has 0 bridgehead atoms. The number of nitrogens with one attached hydrogen (secondary N) is 1. The van der Waals surface area contributed by atoms with Crippen molar-refractivity contribution >= 4 is 11.7 Å². The van der Waals surface area contributed by atoms with Crippen LogP contribution in [0.25, 0.3) is 0 Å². The number of hydrogen-bond acceptors (Lipinski definition) is 3. The smallest absolute Gasteiger partial charge is 0.371 e. The van der Waals surface area contributed by atoms with Gasteiger partial charge in [0, 0.05) is 5.69 Å². The van der Waals surface area contributed by atoms with Crippen LogP contribution >= 0.6 is 0 Å². The van der Waals surface area contributed by atoms with Crippen LogP contribution in [0.15, 0.2) is 40.8 Å².